The van der Waals surface area contributed by atoms with E-state index in [0.717, 1.165) is 18.8 Å². The van der Waals surface area contributed by atoms with Crippen LogP contribution in [0.3, 0.4) is 0 Å². The second-order valence-electron chi connectivity index (χ2n) is 3.77. The third kappa shape index (κ3) is 2.87. The van der Waals surface area contributed by atoms with Crippen LogP contribution in [0.4, 0.5) is 0 Å². The van der Waals surface area contributed by atoms with E-state index in [4.69, 9.17) is 5.73 Å². The fourth-order valence-electron chi connectivity index (χ4n) is 1.90. The minimum absolute atomic E-state index is 0.442. The first-order chi connectivity index (χ1) is 5.74. The molecule has 3 heteroatoms. The minimum atomic E-state index is -0.652. The van der Waals surface area contributed by atoms with Crippen molar-refractivity contribution in [1.82, 2.24) is 0 Å². The van der Waals surface area contributed by atoms with Gasteiger partial charge in [-0.1, -0.05) is 19.8 Å². The molecule has 0 aliphatic heterocycles. The molecule has 0 aromatic heterocycles. The zero-order valence-electron chi connectivity index (χ0n) is 7.79. The molecule has 1 saturated carbocycles. The van der Waals surface area contributed by atoms with Gasteiger partial charge in [0.25, 0.3) is 0 Å². The molecule has 2 nitrogen and oxygen atoms in total. The Bertz CT molecular complexity index is 161. The van der Waals surface area contributed by atoms with E-state index in [1.807, 2.05) is 0 Å². The Morgan fingerprint density at radius 3 is 2.83 bits per heavy atom. The van der Waals surface area contributed by atoms with E-state index < -0.39 is 10.8 Å². The zero-order valence-corrected chi connectivity index (χ0v) is 8.61. The normalized spacial score (nSPS) is 33.2. The third-order valence-corrected chi connectivity index (χ3v) is 4.39. The predicted molar refractivity (Wildman–Crippen MR) is 53.5 cm³/mol. The van der Waals surface area contributed by atoms with Gasteiger partial charge in [0.2, 0.25) is 0 Å². The summed E-state index contributed by atoms with van der Waals surface area (Å²) in [6, 6.07) is 0. The first kappa shape index (κ1) is 10.2. The van der Waals surface area contributed by atoms with Crippen molar-refractivity contribution in [2.45, 2.75) is 37.9 Å². The van der Waals surface area contributed by atoms with E-state index in [1.54, 1.807) is 0 Å². The number of rotatable bonds is 3. The lowest BCUT2D eigenvalue weighted by molar-refractivity contribution is 0.389. The summed E-state index contributed by atoms with van der Waals surface area (Å²) in [4.78, 5) is 0. The van der Waals surface area contributed by atoms with Crippen LogP contribution in [0.25, 0.3) is 0 Å². The highest BCUT2D eigenvalue weighted by Gasteiger charge is 2.22. The van der Waals surface area contributed by atoms with Gasteiger partial charge in [0.05, 0.1) is 0 Å². The molecule has 0 radical (unpaired) electrons. The van der Waals surface area contributed by atoms with Crippen LogP contribution in [-0.2, 0) is 10.8 Å². The lowest BCUT2D eigenvalue weighted by Gasteiger charge is -2.25. The molecule has 0 aromatic carbocycles. The van der Waals surface area contributed by atoms with Crippen molar-refractivity contribution in [3.8, 4) is 0 Å². The van der Waals surface area contributed by atoms with Gasteiger partial charge in [0.15, 0.2) is 0 Å². The monoisotopic (exact) mass is 189 g/mol. The van der Waals surface area contributed by atoms with Gasteiger partial charge in [-0.3, -0.25) is 4.21 Å². The molecular weight excluding hydrogens is 170 g/mol. The van der Waals surface area contributed by atoms with Crippen LogP contribution in [0.5, 0.6) is 0 Å². The summed E-state index contributed by atoms with van der Waals surface area (Å²) in [5.74, 6) is 1.46. The lowest BCUT2D eigenvalue weighted by Crippen LogP contribution is -2.26. The summed E-state index contributed by atoms with van der Waals surface area (Å²) in [5, 5.41) is 0.442. The maximum Gasteiger partial charge on any atom is 0.0360 e. The molecule has 0 spiro atoms. The minimum Gasteiger partial charge on any atom is -0.330 e. The molecular formula is C9H19NOS. The highest BCUT2D eigenvalue weighted by atomic mass is 32.2. The predicted octanol–water partition coefficient (Wildman–Crippen LogP) is 1.27. The molecule has 1 aliphatic carbocycles. The summed E-state index contributed by atoms with van der Waals surface area (Å²) >= 11 is 0. The van der Waals surface area contributed by atoms with Gasteiger partial charge in [-0.2, -0.15) is 0 Å². The van der Waals surface area contributed by atoms with Gasteiger partial charge < -0.3 is 5.73 Å². The van der Waals surface area contributed by atoms with Crippen LogP contribution in [-0.4, -0.2) is 21.8 Å². The van der Waals surface area contributed by atoms with E-state index in [-0.39, 0.29) is 0 Å². The smallest absolute Gasteiger partial charge is 0.0360 e. The van der Waals surface area contributed by atoms with Crippen LogP contribution in [0, 0.1) is 5.92 Å². The first-order valence-electron chi connectivity index (χ1n) is 4.81. The van der Waals surface area contributed by atoms with Gasteiger partial charge >= 0.3 is 0 Å². The molecule has 3 unspecified atom stereocenters. The SMILES string of the molecule is CC1CCCC(S(=O)CCN)C1. The third-order valence-electron chi connectivity index (χ3n) is 2.58. The summed E-state index contributed by atoms with van der Waals surface area (Å²) < 4.78 is 11.6. The van der Waals surface area contributed by atoms with Crippen LogP contribution < -0.4 is 5.73 Å². The van der Waals surface area contributed by atoms with Crippen molar-refractivity contribution in [1.29, 1.82) is 0 Å². The van der Waals surface area contributed by atoms with E-state index in [1.165, 1.54) is 12.8 Å². The maximum atomic E-state index is 11.6. The van der Waals surface area contributed by atoms with Crippen molar-refractivity contribution < 1.29 is 4.21 Å². The molecule has 72 valence electrons. The Kier molecular flexibility index (Phi) is 4.22. The van der Waals surface area contributed by atoms with E-state index in [2.05, 4.69) is 6.92 Å². The van der Waals surface area contributed by atoms with Crippen molar-refractivity contribution in [2.24, 2.45) is 11.7 Å². The summed E-state index contributed by atoms with van der Waals surface area (Å²) in [5.41, 5.74) is 5.38. The molecule has 3 atom stereocenters. The van der Waals surface area contributed by atoms with Gasteiger partial charge in [0.1, 0.15) is 0 Å². The zero-order chi connectivity index (χ0) is 8.97. The highest BCUT2D eigenvalue weighted by molar-refractivity contribution is 7.85. The molecule has 1 aliphatic rings. The average Bonchev–Trinajstić information content (AvgIpc) is 2.05. The van der Waals surface area contributed by atoms with E-state index in [9.17, 15) is 4.21 Å². The Morgan fingerprint density at radius 2 is 2.25 bits per heavy atom. The van der Waals surface area contributed by atoms with Gasteiger partial charge in [-0.05, 0) is 18.8 Å². The van der Waals surface area contributed by atoms with Crippen LogP contribution in [0.2, 0.25) is 0 Å². The molecule has 0 bridgehead atoms. The number of hydrogen-bond donors (Lipinski definition) is 1. The topological polar surface area (TPSA) is 43.1 Å². The van der Waals surface area contributed by atoms with Crippen molar-refractivity contribution in [2.75, 3.05) is 12.3 Å². The molecule has 1 fully saturated rings. The standard InChI is InChI=1S/C9H19NOS/c1-8-3-2-4-9(7-8)12(11)6-5-10/h8-9H,2-7,10H2,1H3. The molecule has 0 amide bonds. The van der Waals surface area contributed by atoms with Gasteiger partial charge in [0, 0.05) is 28.3 Å². The molecule has 2 N–H and O–H groups in total. The second-order valence-corrected chi connectivity index (χ2v) is 5.60. The summed E-state index contributed by atoms with van der Waals surface area (Å²) in [7, 11) is -0.652. The highest BCUT2D eigenvalue weighted by Crippen LogP contribution is 2.26. The van der Waals surface area contributed by atoms with E-state index in [0.29, 0.717) is 17.5 Å². The Hall–Kier alpha value is 0.110. The van der Waals surface area contributed by atoms with Gasteiger partial charge in [-0.25, -0.2) is 0 Å². The molecule has 0 aromatic rings. The Balaban J connectivity index is 2.35. The van der Waals surface area contributed by atoms with Crippen molar-refractivity contribution in [3.63, 3.8) is 0 Å². The molecule has 0 saturated heterocycles. The summed E-state index contributed by atoms with van der Waals surface area (Å²) in [6.07, 6.45) is 4.86. The largest absolute Gasteiger partial charge is 0.330 e. The fraction of sp³-hybridized carbons (Fsp3) is 1.00. The summed E-state index contributed by atoms with van der Waals surface area (Å²) in [6.45, 7) is 2.82. The quantitative estimate of drug-likeness (QED) is 0.726. The van der Waals surface area contributed by atoms with Crippen LogP contribution in [0.15, 0.2) is 0 Å². The maximum absolute atomic E-state index is 11.6. The van der Waals surface area contributed by atoms with E-state index >= 15 is 0 Å². The van der Waals surface area contributed by atoms with Crippen LogP contribution >= 0.6 is 0 Å². The average molecular weight is 189 g/mol. The number of hydrogen-bond acceptors (Lipinski definition) is 2. The fourth-order valence-corrected chi connectivity index (χ4v) is 3.44. The number of nitrogens with two attached hydrogens (primary N) is 1. The van der Waals surface area contributed by atoms with Gasteiger partial charge in [-0.15, -0.1) is 0 Å². The Labute approximate surface area is 77.4 Å². The first-order valence-corrected chi connectivity index (χ1v) is 6.19. The molecule has 0 heterocycles. The van der Waals surface area contributed by atoms with Crippen LogP contribution in [0.1, 0.15) is 32.6 Å². The second kappa shape index (κ2) is 4.97. The molecule has 12 heavy (non-hydrogen) atoms. The lowest BCUT2D eigenvalue weighted by atomic mass is 9.91. The van der Waals surface area contributed by atoms with Crippen molar-refractivity contribution >= 4 is 10.8 Å². The van der Waals surface area contributed by atoms with Crippen molar-refractivity contribution in [3.05, 3.63) is 0 Å². The Morgan fingerprint density at radius 1 is 1.50 bits per heavy atom. The molecule has 1 rings (SSSR count).